The van der Waals surface area contributed by atoms with Gasteiger partial charge in [-0.1, -0.05) is 31.0 Å². The minimum atomic E-state index is -0.299. The number of hydrogen-bond acceptors (Lipinski definition) is 2. The highest BCUT2D eigenvalue weighted by Gasteiger charge is 2.12. The third-order valence-electron chi connectivity index (χ3n) is 2.66. The van der Waals surface area contributed by atoms with Crippen molar-refractivity contribution in [2.45, 2.75) is 19.4 Å². The zero-order valence-electron chi connectivity index (χ0n) is 10.7. The smallest absolute Gasteiger partial charge is 0.296 e. The molecule has 2 N–H and O–H groups in total. The van der Waals surface area contributed by atoms with Crippen molar-refractivity contribution in [3.05, 3.63) is 54.1 Å². The fraction of sp³-hybridized carbons (Fsp3) is 0.200. The van der Waals surface area contributed by atoms with Gasteiger partial charge in [-0.2, -0.15) is 0 Å². The normalized spacial score (nSPS) is 11.2. The average molecular weight is 253 g/mol. The fourth-order valence-corrected chi connectivity index (χ4v) is 1.68. The molecule has 1 amide bonds. The van der Waals surface area contributed by atoms with Crippen molar-refractivity contribution < 1.29 is 4.79 Å². The highest BCUT2D eigenvalue weighted by molar-refractivity contribution is 5.94. The number of hydrogen-bond donors (Lipinski definition) is 2. The Morgan fingerprint density at radius 1 is 1.42 bits per heavy atom. The summed E-state index contributed by atoms with van der Waals surface area (Å²) in [6.45, 7) is 1.98. The van der Waals surface area contributed by atoms with Crippen molar-refractivity contribution in [3.8, 4) is 11.8 Å². The number of nitrogens with zero attached hydrogens (tertiary/aromatic N) is 1. The summed E-state index contributed by atoms with van der Waals surface area (Å²) >= 11 is 0. The molecular formula is C15H15N3O. The van der Waals surface area contributed by atoms with E-state index in [0.717, 1.165) is 17.8 Å². The summed E-state index contributed by atoms with van der Waals surface area (Å²) in [5.74, 6) is 5.86. The molecule has 0 fully saturated rings. The van der Waals surface area contributed by atoms with Gasteiger partial charge in [0, 0.05) is 23.9 Å². The molecule has 1 unspecified atom stereocenters. The van der Waals surface area contributed by atoms with Gasteiger partial charge in [-0.05, 0) is 18.6 Å². The minimum Gasteiger partial charge on any atom is -0.347 e. The van der Waals surface area contributed by atoms with E-state index >= 15 is 0 Å². The second-order valence-corrected chi connectivity index (χ2v) is 4.02. The number of aromatic nitrogens is 2. The average Bonchev–Trinajstić information content (AvgIpc) is 2.97. The van der Waals surface area contributed by atoms with Gasteiger partial charge in [0.05, 0.1) is 6.04 Å². The zero-order valence-corrected chi connectivity index (χ0v) is 10.7. The molecule has 1 atom stereocenters. The van der Waals surface area contributed by atoms with E-state index in [1.54, 1.807) is 12.4 Å². The lowest BCUT2D eigenvalue weighted by atomic mass is 10.2. The number of imidazole rings is 1. The lowest BCUT2D eigenvalue weighted by molar-refractivity contribution is -0.116. The Hall–Kier alpha value is -2.54. The Bertz CT molecular complexity index is 579. The number of rotatable bonds is 3. The number of carbonyl (C=O) groups excluding carboxylic acids is 1. The molecule has 1 heterocycles. The van der Waals surface area contributed by atoms with Crippen LogP contribution in [0.4, 0.5) is 0 Å². The van der Waals surface area contributed by atoms with E-state index in [9.17, 15) is 4.79 Å². The number of amides is 1. The molecule has 4 nitrogen and oxygen atoms in total. The molecule has 2 aromatic rings. The zero-order chi connectivity index (χ0) is 13.5. The molecule has 2 rings (SSSR count). The highest BCUT2D eigenvalue weighted by Crippen LogP contribution is 2.10. The van der Waals surface area contributed by atoms with E-state index in [4.69, 9.17) is 0 Å². The predicted octanol–water partition coefficient (Wildman–Crippen LogP) is 2.03. The first-order chi connectivity index (χ1) is 9.29. The van der Waals surface area contributed by atoms with E-state index in [2.05, 4.69) is 27.1 Å². The molecule has 1 aromatic carbocycles. The van der Waals surface area contributed by atoms with Gasteiger partial charge in [0.2, 0.25) is 0 Å². The molecule has 0 aliphatic carbocycles. The van der Waals surface area contributed by atoms with Crippen molar-refractivity contribution in [1.82, 2.24) is 15.3 Å². The molecule has 0 radical (unpaired) electrons. The van der Waals surface area contributed by atoms with Crippen LogP contribution in [0.15, 0.2) is 42.7 Å². The molecule has 0 saturated heterocycles. The first-order valence-electron chi connectivity index (χ1n) is 6.16. The molecule has 0 saturated carbocycles. The van der Waals surface area contributed by atoms with Crippen molar-refractivity contribution in [1.29, 1.82) is 0 Å². The van der Waals surface area contributed by atoms with Crippen molar-refractivity contribution in [2.75, 3.05) is 0 Å². The summed E-state index contributed by atoms with van der Waals surface area (Å²) in [5.41, 5.74) is 0.823. The third-order valence-corrected chi connectivity index (χ3v) is 2.66. The molecule has 0 aliphatic rings. The summed E-state index contributed by atoms with van der Waals surface area (Å²) < 4.78 is 0. The highest BCUT2D eigenvalue weighted by atomic mass is 16.1. The summed E-state index contributed by atoms with van der Waals surface area (Å²) in [5, 5.41) is 2.83. The second kappa shape index (κ2) is 6.41. The molecular weight excluding hydrogens is 238 g/mol. The predicted molar refractivity (Wildman–Crippen MR) is 73.1 cm³/mol. The van der Waals surface area contributed by atoms with Crippen molar-refractivity contribution >= 4 is 5.91 Å². The molecule has 1 aromatic heterocycles. The molecule has 0 bridgehead atoms. The molecule has 0 aliphatic heterocycles. The van der Waals surface area contributed by atoms with Crippen molar-refractivity contribution in [2.24, 2.45) is 0 Å². The maximum Gasteiger partial charge on any atom is 0.296 e. The van der Waals surface area contributed by atoms with Crippen LogP contribution in [0.25, 0.3) is 0 Å². The summed E-state index contributed by atoms with van der Waals surface area (Å²) in [6, 6.07) is 9.29. The first kappa shape index (κ1) is 12.9. The van der Waals surface area contributed by atoms with Crippen LogP contribution in [0, 0.1) is 11.8 Å². The third kappa shape index (κ3) is 3.71. The second-order valence-electron chi connectivity index (χ2n) is 4.02. The Kier molecular flexibility index (Phi) is 4.35. The molecule has 4 heteroatoms. The number of H-pyrrole nitrogens is 1. The van der Waals surface area contributed by atoms with Gasteiger partial charge in [-0.25, -0.2) is 4.98 Å². The Labute approximate surface area is 112 Å². The van der Waals surface area contributed by atoms with Crippen LogP contribution in [0.5, 0.6) is 0 Å². The number of aromatic amines is 1. The molecule has 0 spiro atoms. The van der Waals surface area contributed by atoms with Crippen LogP contribution in [-0.4, -0.2) is 15.9 Å². The van der Waals surface area contributed by atoms with Crippen LogP contribution in [-0.2, 0) is 4.79 Å². The lowest BCUT2D eigenvalue weighted by Gasteiger charge is -2.11. The monoisotopic (exact) mass is 253 g/mol. The number of carbonyl (C=O) groups is 1. The number of benzene rings is 1. The summed E-state index contributed by atoms with van der Waals surface area (Å²) in [6.07, 6.45) is 4.16. The van der Waals surface area contributed by atoms with Gasteiger partial charge >= 0.3 is 0 Å². The lowest BCUT2D eigenvalue weighted by Crippen LogP contribution is -2.27. The SMILES string of the molecule is CCC(NC(=O)C#Cc1ccccc1)c1ncc[nH]1. The van der Waals surface area contributed by atoms with E-state index in [1.165, 1.54) is 0 Å². The van der Waals surface area contributed by atoms with Gasteiger partial charge in [-0.15, -0.1) is 0 Å². The first-order valence-corrected chi connectivity index (χ1v) is 6.16. The minimum absolute atomic E-state index is 0.132. The van der Waals surface area contributed by atoms with Crippen LogP contribution < -0.4 is 5.32 Å². The maximum absolute atomic E-state index is 11.8. The largest absolute Gasteiger partial charge is 0.347 e. The van der Waals surface area contributed by atoms with Crippen LogP contribution in [0.2, 0.25) is 0 Å². The summed E-state index contributed by atoms with van der Waals surface area (Å²) in [7, 11) is 0. The van der Waals surface area contributed by atoms with Crippen LogP contribution >= 0.6 is 0 Å². The fourth-order valence-electron chi connectivity index (χ4n) is 1.68. The Balaban J connectivity index is 2.00. The van der Waals surface area contributed by atoms with E-state index in [-0.39, 0.29) is 11.9 Å². The van der Waals surface area contributed by atoms with Crippen LogP contribution in [0.3, 0.4) is 0 Å². The van der Waals surface area contributed by atoms with Crippen molar-refractivity contribution in [3.63, 3.8) is 0 Å². The Morgan fingerprint density at radius 3 is 2.84 bits per heavy atom. The quantitative estimate of drug-likeness (QED) is 0.822. The number of nitrogens with one attached hydrogen (secondary N) is 2. The molecule has 19 heavy (non-hydrogen) atoms. The van der Waals surface area contributed by atoms with Crippen LogP contribution in [0.1, 0.15) is 30.8 Å². The van der Waals surface area contributed by atoms with E-state index < -0.39 is 0 Å². The maximum atomic E-state index is 11.8. The van der Waals surface area contributed by atoms with Gasteiger partial charge in [0.25, 0.3) is 5.91 Å². The van der Waals surface area contributed by atoms with E-state index in [1.807, 2.05) is 37.3 Å². The van der Waals surface area contributed by atoms with Gasteiger partial charge in [0.1, 0.15) is 5.82 Å². The van der Waals surface area contributed by atoms with Gasteiger partial charge in [0.15, 0.2) is 0 Å². The van der Waals surface area contributed by atoms with Gasteiger partial charge in [-0.3, -0.25) is 4.79 Å². The van der Waals surface area contributed by atoms with Gasteiger partial charge < -0.3 is 10.3 Å². The Morgan fingerprint density at radius 2 is 2.21 bits per heavy atom. The van der Waals surface area contributed by atoms with E-state index in [0.29, 0.717) is 0 Å². The summed E-state index contributed by atoms with van der Waals surface area (Å²) in [4.78, 5) is 18.9. The topological polar surface area (TPSA) is 57.8 Å². The molecule has 96 valence electrons. The standard InChI is InChI=1S/C15H15N3O/c1-2-13(15-16-10-11-17-15)18-14(19)9-8-12-6-4-3-5-7-12/h3-7,10-11,13H,2H2,1H3,(H,16,17)(H,18,19).